The van der Waals surface area contributed by atoms with Crippen LogP contribution in [0, 0.1) is 11.9 Å². The number of piperidine rings is 1. The van der Waals surface area contributed by atoms with Crippen molar-refractivity contribution in [3.63, 3.8) is 0 Å². The first-order chi connectivity index (χ1) is 15.4. The fourth-order valence-corrected chi connectivity index (χ4v) is 4.12. The SMILES string of the molecule is CCOC(=O)C1CCN(c2ccc(-c3cc4cc(OC)ccc4n3C(=O)O)c(F)n2)CC1. The van der Waals surface area contributed by atoms with E-state index in [-0.39, 0.29) is 23.1 Å². The Hall–Kier alpha value is -3.62. The van der Waals surface area contributed by atoms with Gasteiger partial charge in [0.05, 0.1) is 36.4 Å². The number of halogens is 1. The first-order valence-corrected chi connectivity index (χ1v) is 10.4. The topological polar surface area (TPSA) is 93.9 Å². The molecule has 32 heavy (non-hydrogen) atoms. The van der Waals surface area contributed by atoms with Gasteiger partial charge >= 0.3 is 12.1 Å². The smallest absolute Gasteiger partial charge is 0.416 e. The van der Waals surface area contributed by atoms with Crippen molar-refractivity contribution in [3.8, 4) is 17.0 Å². The first-order valence-electron chi connectivity index (χ1n) is 10.4. The largest absolute Gasteiger partial charge is 0.497 e. The molecule has 1 fully saturated rings. The molecule has 0 bridgehead atoms. The predicted octanol–water partition coefficient (Wildman–Crippen LogP) is 4.16. The quantitative estimate of drug-likeness (QED) is 0.469. The number of esters is 1. The van der Waals surface area contributed by atoms with E-state index in [0.717, 1.165) is 4.57 Å². The second-order valence-electron chi connectivity index (χ2n) is 7.59. The number of carbonyl (C=O) groups is 2. The Balaban J connectivity index is 1.62. The summed E-state index contributed by atoms with van der Waals surface area (Å²) in [6.07, 6.45) is 0.00229. The van der Waals surface area contributed by atoms with Crippen molar-refractivity contribution in [2.24, 2.45) is 5.92 Å². The average molecular weight is 441 g/mol. The summed E-state index contributed by atoms with van der Waals surface area (Å²) in [7, 11) is 1.52. The summed E-state index contributed by atoms with van der Waals surface area (Å²) < 4.78 is 26.4. The van der Waals surface area contributed by atoms with Crippen molar-refractivity contribution < 1.29 is 28.6 Å². The highest BCUT2D eigenvalue weighted by Gasteiger charge is 2.27. The van der Waals surface area contributed by atoms with E-state index < -0.39 is 12.0 Å². The third-order valence-electron chi connectivity index (χ3n) is 5.75. The standard InChI is InChI=1S/C23H24FN3O5/c1-3-32-22(28)14-8-10-26(11-9-14)20-7-5-17(21(24)25-20)19-13-15-12-16(31-2)4-6-18(15)27(19)23(29)30/h4-7,12-14H,3,8-11H2,1-2H3,(H,29,30). The lowest BCUT2D eigenvalue weighted by Gasteiger charge is -2.31. The van der Waals surface area contributed by atoms with E-state index in [2.05, 4.69) is 4.98 Å². The third kappa shape index (κ3) is 3.98. The zero-order valence-electron chi connectivity index (χ0n) is 17.9. The van der Waals surface area contributed by atoms with Crippen LogP contribution in [0.4, 0.5) is 15.0 Å². The van der Waals surface area contributed by atoms with Crippen LogP contribution < -0.4 is 9.64 Å². The molecular formula is C23H24FN3O5. The Morgan fingerprint density at radius 1 is 1.19 bits per heavy atom. The Morgan fingerprint density at radius 2 is 1.94 bits per heavy atom. The van der Waals surface area contributed by atoms with Crippen molar-refractivity contribution in [2.45, 2.75) is 19.8 Å². The molecule has 1 saturated heterocycles. The number of fused-ring (bicyclic) bond motifs is 1. The van der Waals surface area contributed by atoms with Crippen LogP contribution in [0.25, 0.3) is 22.2 Å². The number of hydrogen-bond donors (Lipinski definition) is 1. The summed E-state index contributed by atoms with van der Waals surface area (Å²) in [6.45, 7) is 3.25. The fraction of sp³-hybridized carbons (Fsp3) is 0.348. The number of ether oxygens (including phenoxy) is 2. The Kier molecular flexibility index (Phi) is 5.98. The summed E-state index contributed by atoms with van der Waals surface area (Å²) in [4.78, 5) is 29.9. The predicted molar refractivity (Wildman–Crippen MR) is 117 cm³/mol. The zero-order valence-corrected chi connectivity index (χ0v) is 17.9. The number of aromatic nitrogens is 2. The van der Waals surface area contributed by atoms with Crippen molar-refractivity contribution in [1.82, 2.24) is 9.55 Å². The molecule has 9 heteroatoms. The van der Waals surface area contributed by atoms with Crippen LogP contribution in [0.2, 0.25) is 0 Å². The van der Waals surface area contributed by atoms with E-state index >= 15 is 4.39 Å². The number of carbonyl (C=O) groups excluding carboxylic acids is 1. The molecule has 2 aromatic heterocycles. The van der Waals surface area contributed by atoms with Gasteiger partial charge in [-0.25, -0.2) is 14.3 Å². The van der Waals surface area contributed by atoms with Gasteiger partial charge in [0.1, 0.15) is 11.6 Å². The Morgan fingerprint density at radius 3 is 2.56 bits per heavy atom. The van der Waals surface area contributed by atoms with Gasteiger partial charge in [0.15, 0.2) is 0 Å². The van der Waals surface area contributed by atoms with E-state index in [1.165, 1.54) is 7.11 Å². The van der Waals surface area contributed by atoms with Gasteiger partial charge in [0, 0.05) is 18.5 Å². The molecule has 0 aliphatic carbocycles. The molecule has 0 unspecified atom stereocenters. The van der Waals surface area contributed by atoms with E-state index in [1.807, 2.05) is 4.90 Å². The van der Waals surface area contributed by atoms with Crippen LogP contribution in [0.15, 0.2) is 36.4 Å². The molecule has 4 rings (SSSR count). The molecule has 168 valence electrons. The third-order valence-corrected chi connectivity index (χ3v) is 5.75. The number of anilines is 1. The van der Waals surface area contributed by atoms with E-state index in [1.54, 1.807) is 43.3 Å². The number of hydrogen-bond acceptors (Lipinski definition) is 6. The molecule has 3 aromatic rings. The van der Waals surface area contributed by atoms with Gasteiger partial charge in [0.25, 0.3) is 0 Å². The van der Waals surface area contributed by atoms with Gasteiger partial charge in [-0.3, -0.25) is 4.79 Å². The molecule has 1 aliphatic rings. The number of methoxy groups -OCH3 is 1. The molecule has 3 heterocycles. The van der Waals surface area contributed by atoms with E-state index in [9.17, 15) is 14.7 Å². The van der Waals surface area contributed by atoms with Gasteiger partial charge in [0.2, 0.25) is 5.95 Å². The number of nitrogens with zero attached hydrogens (tertiary/aromatic N) is 3. The maximum absolute atomic E-state index is 15.1. The fourth-order valence-electron chi connectivity index (χ4n) is 4.12. The zero-order chi connectivity index (χ0) is 22.8. The normalized spacial score (nSPS) is 14.5. The molecule has 0 amide bonds. The van der Waals surface area contributed by atoms with Gasteiger partial charge < -0.3 is 19.5 Å². The minimum absolute atomic E-state index is 0.0905. The molecule has 1 N–H and O–H groups in total. The van der Waals surface area contributed by atoms with E-state index in [4.69, 9.17) is 9.47 Å². The highest BCUT2D eigenvalue weighted by Crippen LogP contribution is 2.33. The minimum Gasteiger partial charge on any atom is -0.497 e. The van der Waals surface area contributed by atoms with Gasteiger partial charge in [-0.1, -0.05) is 0 Å². The number of pyridine rings is 1. The molecule has 0 spiro atoms. The van der Waals surface area contributed by atoms with Crippen molar-refractivity contribution in [1.29, 1.82) is 0 Å². The van der Waals surface area contributed by atoms with Crippen LogP contribution in [-0.2, 0) is 9.53 Å². The molecule has 1 aliphatic heterocycles. The van der Waals surface area contributed by atoms with Crippen LogP contribution in [0.5, 0.6) is 5.75 Å². The number of carboxylic acid groups (broad SMARTS) is 1. The van der Waals surface area contributed by atoms with Gasteiger partial charge in [-0.05, 0) is 56.2 Å². The minimum atomic E-state index is -1.22. The summed E-state index contributed by atoms with van der Waals surface area (Å²) in [5.41, 5.74) is 0.712. The van der Waals surface area contributed by atoms with Crippen molar-refractivity contribution in [3.05, 3.63) is 42.3 Å². The van der Waals surface area contributed by atoms with Crippen LogP contribution in [-0.4, -0.2) is 53.5 Å². The van der Waals surface area contributed by atoms with Gasteiger partial charge in [-0.15, -0.1) is 0 Å². The maximum Gasteiger partial charge on any atom is 0.416 e. The Bertz CT molecular complexity index is 1170. The van der Waals surface area contributed by atoms with Gasteiger partial charge in [-0.2, -0.15) is 4.39 Å². The number of benzene rings is 1. The summed E-state index contributed by atoms with van der Waals surface area (Å²) in [5.74, 6) is -0.0781. The second-order valence-corrected chi connectivity index (χ2v) is 7.59. The second kappa shape index (κ2) is 8.86. The van der Waals surface area contributed by atoms with E-state index in [0.29, 0.717) is 55.0 Å². The lowest BCUT2D eigenvalue weighted by molar-refractivity contribution is -0.148. The lowest BCUT2D eigenvalue weighted by Crippen LogP contribution is -2.37. The van der Waals surface area contributed by atoms with Crippen LogP contribution >= 0.6 is 0 Å². The summed E-state index contributed by atoms with van der Waals surface area (Å²) in [5, 5.41) is 10.4. The molecule has 1 aromatic carbocycles. The number of rotatable bonds is 5. The van der Waals surface area contributed by atoms with Crippen molar-refractivity contribution in [2.75, 3.05) is 31.7 Å². The van der Waals surface area contributed by atoms with Crippen LogP contribution in [0.1, 0.15) is 19.8 Å². The maximum atomic E-state index is 15.1. The highest BCUT2D eigenvalue weighted by atomic mass is 19.1. The van der Waals surface area contributed by atoms with Crippen molar-refractivity contribution >= 4 is 28.8 Å². The highest BCUT2D eigenvalue weighted by molar-refractivity contribution is 5.96. The molecule has 0 atom stereocenters. The molecule has 0 radical (unpaired) electrons. The molecule has 0 saturated carbocycles. The summed E-state index contributed by atoms with van der Waals surface area (Å²) in [6, 6.07) is 9.80. The molecular weight excluding hydrogens is 417 g/mol. The lowest BCUT2D eigenvalue weighted by atomic mass is 9.97. The first kappa shape index (κ1) is 21.6. The molecule has 8 nitrogen and oxygen atoms in total. The average Bonchev–Trinajstić information content (AvgIpc) is 3.17. The van der Waals surface area contributed by atoms with Crippen LogP contribution in [0.3, 0.4) is 0 Å². The Labute approximate surface area is 184 Å². The summed E-state index contributed by atoms with van der Waals surface area (Å²) >= 11 is 0. The monoisotopic (exact) mass is 441 g/mol.